The van der Waals surface area contributed by atoms with Gasteiger partial charge >= 0.3 is 0 Å². The van der Waals surface area contributed by atoms with Crippen molar-refractivity contribution in [1.29, 1.82) is 0 Å². The van der Waals surface area contributed by atoms with E-state index in [0.717, 1.165) is 5.96 Å². The molecule has 0 amide bonds. The van der Waals surface area contributed by atoms with Crippen LogP contribution in [-0.2, 0) is 0 Å². The van der Waals surface area contributed by atoms with Gasteiger partial charge in [-0.2, -0.15) is 0 Å². The van der Waals surface area contributed by atoms with Crippen molar-refractivity contribution >= 4 is 14.2 Å². The summed E-state index contributed by atoms with van der Waals surface area (Å²) in [7, 11) is 6.86. The summed E-state index contributed by atoms with van der Waals surface area (Å²) in [6.07, 6.45) is 9.72. The lowest BCUT2D eigenvalue weighted by molar-refractivity contribution is 0.485. The lowest BCUT2D eigenvalue weighted by atomic mass is 10.1. The summed E-state index contributed by atoms with van der Waals surface area (Å²) in [5.41, 5.74) is 0. The van der Waals surface area contributed by atoms with Crippen molar-refractivity contribution < 1.29 is 0 Å². The summed E-state index contributed by atoms with van der Waals surface area (Å²) in [5, 5.41) is 0. The molecule has 0 fully saturated rings. The van der Waals surface area contributed by atoms with Gasteiger partial charge in [0.15, 0.2) is 14.2 Å². The molecule has 0 aliphatic heterocycles. The van der Waals surface area contributed by atoms with Gasteiger partial charge in [0.1, 0.15) is 0 Å². The summed E-state index contributed by atoms with van der Waals surface area (Å²) in [6, 6.07) is 1.31. The van der Waals surface area contributed by atoms with E-state index in [1.165, 1.54) is 51.0 Å². The average Bonchev–Trinajstić information content (AvgIpc) is 2.34. The molecule has 120 valence electrons. The molecule has 20 heavy (non-hydrogen) atoms. The quantitative estimate of drug-likeness (QED) is 0.272. The Kier molecular flexibility index (Phi) is 9.99. The van der Waals surface area contributed by atoms with Crippen molar-refractivity contribution in [3.05, 3.63) is 0 Å². The third-order valence-corrected chi connectivity index (χ3v) is 5.98. The van der Waals surface area contributed by atoms with Gasteiger partial charge < -0.3 is 9.80 Å². The molecular formula is C16H37N3Si. The monoisotopic (exact) mass is 299 g/mol. The van der Waals surface area contributed by atoms with Gasteiger partial charge in [-0.25, -0.2) is 0 Å². The molecule has 0 aromatic rings. The summed E-state index contributed by atoms with van der Waals surface area (Å²) >= 11 is 0. The van der Waals surface area contributed by atoms with Crippen molar-refractivity contribution in [3.8, 4) is 0 Å². The Morgan fingerprint density at radius 3 is 1.70 bits per heavy atom. The Labute approximate surface area is 128 Å². The fourth-order valence-corrected chi connectivity index (χ4v) is 4.61. The minimum Gasteiger partial charge on any atom is -0.350 e. The van der Waals surface area contributed by atoms with E-state index in [4.69, 9.17) is 4.66 Å². The summed E-state index contributed by atoms with van der Waals surface area (Å²) < 4.78 is 5.06. The van der Waals surface area contributed by atoms with Crippen LogP contribution in [0.5, 0.6) is 0 Å². The number of rotatable bonds is 9. The Morgan fingerprint density at radius 1 is 0.800 bits per heavy atom. The van der Waals surface area contributed by atoms with Crippen molar-refractivity contribution in [1.82, 2.24) is 9.80 Å². The van der Waals surface area contributed by atoms with Crippen molar-refractivity contribution in [3.63, 3.8) is 0 Å². The zero-order valence-electron chi connectivity index (χ0n) is 15.0. The number of guanidine groups is 1. The second kappa shape index (κ2) is 10.2. The highest BCUT2D eigenvalue weighted by Gasteiger charge is 2.22. The largest absolute Gasteiger partial charge is 0.350 e. The van der Waals surface area contributed by atoms with Crippen LogP contribution in [0.1, 0.15) is 51.9 Å². The third kappa shape index (κ3) is 9.40. The predicted octanol–water partition coefficient (Wildman–Crippen LogP) is 4.42. The molecule has 4 heteroatoms. The first-order valence-electron chi connectivity index (χ1n) is 8.24. The van der Waals surface area contributed by atoms with Crippen molar-refractivity contribution in [2.45, 2.75) is 71.0 Å². The first-order chi connectivity index (χ1) is 9.30. The molecule has 0 heterocycles. The molecule has 0 unspecified atom stereocenters. The van der Waals surface area contributed by atoms with Crippen LogP contribution in [0, 0.1) is 0 Å². The van der Waals surface area contributed by atoms with Gasteiger partial charge in [-0.3, -0.25) is 4.66 Å². The van der Waals surface area contributed by atoms with Gasteiger partial charge in [-0.05, 0) is 19.1 Å². The zero-order valence-corrected chi connectivity index (χ0v) is 16.0. The minimum absolute atomic E-state index is 1.12. The molecule has 0 bridgehead atoms. The van der Waals surface area contributed by atoms with Gasteiger partial charge in [0.25, 0.3) is 0 Å². The molecule has 0 aliphatic rings. The zero-order chi connectivity index (χ0) is 15.6. The fourth-order valence-electron chi connectivity index (χ4n) is 2.44. The lowest BCUT2D eigenvalue weighted by Crippen LogP contribution is -2.39. The molecule has 0 spiro atoms. The van der Waals surface area contributed by atoms with Crippen LogP contribution in [-0.4, -0.2) is 52.2 Å². The lowest BCUT2D eigenvalue weighted by Gasteiger charge is -2.27. The van der Waals surface area contributed by atoms with Crippen LogP contribution in [0.3, 0.4) is 0 Å². The van der Waals surface area contributed by atoms with Crippen LogP contribution in [0.4, 0.5) is 0 Å². The van der Waals surface area contributed by atoms with Crippen molar-refractivity contribution in [2.75, 3.05) is 28.2 Å². The summed E-state index contributed by atoms with van der Waals surface area (Å²) in [5.74, 6) is 1.12. The van der Waals surface area contributed by atoms with E-state index in [0.29, 0.717) is 0 Å². The highest BCUT2D eigenvalue weighted by molar-refractivity contribution is 6.76. The van der Waals surface area contributed by atoms with E-state index < -0.39 is 8.24 Å². The number of unbranched alkanes of at least 4 members (excludes halogenated alkanes) is 6. The molecule has 0 rings (SSSR count). The van der Waals surface area contributed by atoms with Crippen molar-refractivity contribution in [2.24, 2.45) is 4.66 Å². The Morgan fingerprint density at radius 2 is 1.25 bits per heavy atom. The Hall–Kier alpha value is -0.513. The van der Waals surface area contributed by atoms with Gasteiger partial charge in [0.2, 0.25) is 0 Å². The van der Waals surface area contributed by atoms with Crippen LogP contribution < -0.4 is 0 Å². The maximum Gasteiger partial charge on any atom is 0.186 e. The number of hydrogen-bond acceptors (Lipinski definition) is 1. The Bertz CT molecular complexity index is 263. The van der Waals surface area contributed by atoms with E-state index in [1.54, 1.807) is 0 Å². The van der Waals surface area contributed by atoms with E-state index in [2.05, 4.69) is 58.0 Å². The Balaban J connectivity index is 4.08. The second-order valence-electron chi connectivity index (χ2n) is 6.88. The molecule has 3 nitrogen and oxygen atoms in total. The number of hydrogen-bond donors (Lipinski definition) is 0. The summed E-state index contributed by atoms with van der Waals surface area (Å²) in [4.78, 5) is 4.25. The smallest absolute Gasteiger partial charge is 0.186 e. The van der Waals surface area contributed by atoms with Gasteiger partial charge in [-0.1, -0.05) is 51.9 Å². The van der Waals surface area contributed by atoms with Gasteiger partial charge in [0.05, 0.1) is 0 Å². The van der Waals surface area contributed by atoms with Crippen LogP contribution in [0.15, 0.2) is 4.66 Å². The fraction of sp³-hybridized carbons (Fsp3) is 0.938. The molecule has 0 radical (unpaired) electrons. The number of nitrogens with zero attached hydrogens (tertiary/aromatic N) is 3. The standard InChI is InChI=1S/C16H37N3Si/c1-8-9-10-11-12-13-14-15-20(6,7)17-16(18(2)3)19(4)5/h8-15H2,1-7H3. The first-order valence-corrected chi connectivity index (χ1v) is 11.4. The molecule has 0 aromatic carbocycles. The van der Waals surface area contributed by atoms with Gasteiger partial charge in [0, 0.05) is 28.2 Å². The highest BCUT2D eigenvalue weighted by atomic mass is 28.3. The highest BCUT2D eigenvalue weighted by Crippen LogP contribution is 2.18. The molecule has 0 atom stereocenters. The molecule has 0 saturated carbocycles. The maximum absolute atomic E-state index is 5.06. The predicted molar refractivity (Wildman–Crippen MR) is 95.1 cm³/mol. The van der Waals surface area contributed by atoms with Crippen LogP contribution >= 0.6 is 0 Å². The first kappa shape index (κ1) is 19.5. The SMILES string of the molecule is CCCCCCCCC[Si](C)(C)N=C(N(C)C)N(C)C. The molecule has 0 aromatic heterocycles. The molecule has 0 aliphatic carbocycles. The normalized spacial score (nSPS) is 11.3. The topological polar surface area (TPSA) is 18.8 Å². The third-order valence-electron chi connectivity index (χ3n) is 3.59. The minimum atomic E-state index is -1.46. The average molecular weight is 300 g/mol. The summed E-state index contributed by atoms with van der Waals surface area (Å²) in [6.45, 7) is 7.05. The maximum atomic E-state index is 5.06. The second-order valence-corrected chi connectivity index (χ2v) is 11.2. The molecule has 0 N–H and O–H groups in total. The van der Waals surface area contributed by atoms with E-state index in [1.807, 2.05) is 0 Å². The van der Waals surface area contributed by atoms with Gasteiger partial charge in [-0.15, -0.1) is 0 Å². The van der Waals surface area contributed by atoms with Crippen LogP contribution in [0.2, 0.25) is 19.1 Å². The molecule has 0 saturated heterocycles. The van der Waals surface area contributed by atoms with E-state index in [-0.39, 0.29) is 0 Å². The van der Waals surface area contributed by atoms with Crippen LogP contribution in [0.25, 0.3) is 0 Å². The van der Waals surface area contributed by atoms with E-state index >= 15 is 0 Å². The molecular weight excluding hydrogens is 262 g/mol. The van der Waals surface area contributed by atoms with E-state index in [9.17, 15) is 0 Å².